The fourth-order valence-electron chi connectivity index (χ4n) is 3.26. The van der Waals surface area contributed by atoms with Gasteiger partial charge in [0.15, 0.2) is 0 Å². The molecule has 1 aromatic rings. The molecule has 0 saturated carbocycles. The SMILES string of the molecule is CC(C)CCc1cccc2c1CCCC2N/C(=N\C#N)NCCF. The molecule has 1 aromatic carbocycles. The van der Waals surface area contributed by atoms with E-state index in [2.05, 4.69) is 47.7 Å². The monoisotopic (exact) mass is 330 g/mol. The Bertz CT molecular complexity index is 604. The molecule has 130 valence electrons. The van der Waals surface area contributed by atoms with Crippen molar-refractivity contribution in [3.63, 3.8) is 0 Å². The highest BCUT2D eigenvalue weighted by atomic mass is 19.1. The molecule has 1 aliphatic rings. The van der Waals surface area contributed by atoms with Gasteiger partial charge >= 0.3 is 0 Å². The van der Waals surface area contributed by atoms with Crippen molar-refractivity contribution in [3.8, 4) is 6.19 Å². The van der Waals surface area contributed by atoms with E-state index >= 15 is 0 Å². The number of nitrogens with zero attached hydrogens (tertiary/aromatic N) is 2. The molecular weight excluding hydrogens is 303 g/mol. The Morgan fingerprint density at radius 1 is 1.46 bits per heavy atom. The molecule has 0 bridgehead atoms. The first-order valence-corrected chi connectivity index (χ1v) is 8.79. The number of fused-ring (bicyclic) bond motifs is 1. The van der Waals surface area contributed by atoms with Gasteiger partial charge < -0.3 is 10.6 Å². The maximum atomic E-state index is 12.4. The zero-order valence-electron chi connectivity index (χ0n) is 14.6. The summed E-state index contributed by atoms with van der Waals surface area (Å²) in [5.41, 5.74) is 4.15. The lowest BCUT2D eigenvalue weighted by molar-refractivity contribution is 0.480. The number of nitriles is 1. The summed E-state index contributed by atoms with van der Waals surface area (Å²) in [4.78, 5) is 3.74. The number of aryl methyl sites for hydroxylation is 1. The minimum atomic E-state index is -0.493. The van der Waals surface area contributed by atoms with Crippen LogP contribution in [-0.2, 0) is 12.8 Å². The van der Waals surface area contributed by atoms with E-state index in [1.54, 1.807) is 6.19 Å². The Kier molecular flexibility index (Phi) is 7.05. The lowest BCUT2D eigenvalue weighted by Gasteiger charge is -2.29. The third kappa shape index (κ3) is 4.95. The van der Waals surface area contributed by atoms with E-state index in [9.17, 15) is 4.39 Å². The van der Waals surface area contributed by atoms with E-state index < -0.39 is 6.67 Å². The van der Waals surface area contributed by atoms with Crippen LogP contribution in [0.5, 0.6) is 0 Å². The van der Waals surface area contributed by atoms with Gasteiger partial charge in [-0.15, -0.1) is 4.99 Å². The molecule has 2 rings (SSSR count). The first-order chi connectivity index (χ1) is 11.7. The minimum Gasteiger partial charge on any atom is -0.353 e. The molecule has 0 fully saturated rings. The zero-order valence-corrected chi connectivity index (χ0v) is 14.6. The van der Waals surface area contributed by atoms with Crippen LogP contribution in [0.1, 0.15) is 55.8 Å². The molecule has 0 aliphatic heterocycles. The van der Waals surface area contributed by atoms with E-state index in [1.165, 1.54) is 23.1 Å². The highest BCUT2D eigenvalue weighted by molar-refractivity contribution is 5.81. The van der Waals surface area contributed by atoms with Gasteiger partial charge in [0.25, 0.3) is 0 Å². The molecule has 1 unspecified atom stereocenters. The van der Waals surface area contributed by atoms with Crippen molar-refractivity contribution in [2.24, 2.45) is 10.9 Å². The van der Waals surface area contributed by atoms with Crippen molar-refractivity contribution in [1.29, 1.82) is 5.26 Å². The number of benzene rings is 1. The Hall–Kier alpha value is -2.09. The molecule has 0 aromatic heterocycles. The van der Waals surface area contributed by atoms with Crippen molar-refractivity contribution in [2.75, 3.05) is 13.2 Å². The van der Waals surface area contributed by atoms with Crippen molar-refractivity contribution in [3.05, 3.63) is 34.9 Å². The molecule has 24 heavy (non-hydrogen) atoms. The van der Waals surface area contributed by atoms with Crippen LogP contribution in [0.25, 0.3) is 0 Å². The van der Waals surface area contributed by atoms with Gasteiger partial charge in [-0.3, -0.25) is 0 Å². The molecule has 1 atom stereocenters. The molecule has 0 spiro atoms. The molecular formula is C19H27FN4. The molecule has 0 amide bonds. The van der Waals surface area contributed by atoms with Gasteiger partial charge in [0, 0.05) is 6.54 Å². The van der Waals surface area contributed by atoms with E-state index in [0.29, 0.717) is 11.9 Å². The zero-order chi connectivity index (χ0) is 17.4. The van der Waals surface area contributed by atoms with E-state index in [4.69, 9.17) is 5.26 Å². The van der Waals surface area contributed by atoms with Gasteiger partial charge in [-0.05, 0) is 54.7 Å². The van der Waals surface area contributed by atoms with Crippen LogP contribution in [0.4, 0.5) is 4.39 Å². The van der Waals surface area contributed by atoms with Crippen LogP contribution in [0, 0.1) is 17.4 Å². The molecule has 5 heteroatoms. The van der Waals surface area contributed by atoms with E-state index in [1.807, 2.05) is 0 Å². The van der Waals surface area contributed by atoms with Gasteiger partial charge in [-0.1, -0.05) is 32.0 Å². The number of hydrogen-bond acceptors (Lipinski definition) is 2. The van der Waals surface area contributed by atoms with Crippen molar-refractivity contribution < 1.29 is 4.39 Å². The third-order valence-electron chi connectivity index (χ3n) is 4.45. The third-order valence-corrected chi connectivity index (χ3v) is 4.45. The lowest BCUT2D eigenvalue weighted by Crippen LogP contribution is -2.41. The number of hydrogen-bond donors (Lipinski definition) is 2. The average molecular weight is 330 g/mol. The summed E-state index contributed by atoms with van der Waals surface area (Å²) in [6.45, 7) is 4.16. The standard InChI is InChI=1S/C19H27FN4/c1-14(2)9-10-15-5-3-7-17-16(15)6-4-8-18(17)24-19(23-13-21)22-12-11-20/h3,5,7,14,18H,4,6,8-12H2,1-2H3,(H2,22,23,24). The highest BCUT2D eigenvalue weighted by Crippen LogP contribution is 2.32. The van der Waals surface area contributed by atoms with Gasteiger partial charge in [0.05, 0.1) is 6.04 Å². The predicted molar refractivity (Wildman–Crippen MR) is 95.4 cm³/mol. The summed E-state index contributed by atoms with van der Waals surface area (Å²) in [6.07, 6.45) is 7.26. The maximum Gasteiger partial charge on any atom is 0.209 e. The van der Waals surface area contributed by atoms with Crippen molar-refractivity contribution in [1.82, 2.24) is 10.6 Å². The Morgan fingerprint density at radius 3 is 3.00 bits per heavy atom. The fourth-order valence-corrected chi connectivity index (χ4v) is 3.26. The minimum absolute atomic E-state index is 0.118. The molecule has 0 saturated heterocycles. The highest BCUT2D eigenvalue weighted by Gasteiger charge is 2.23. The second kappa shape index (κ2) is 9.27. The number of rotatable bonds is 6. The molecule has 1 aliphatic carbocycles. The van der Waals surface area contributed by atoms with Gasteiger partial charge in [0.1, 0.15) is 6.67 Å². The molecule has 0 heterocycles. The molecule has 4 nitrogen and oxygen atoms in total. The van der Waals surface area contributed by atoms with Crippen LogP contribution in [0.2, 0.25) is 0 Å². The number of aliphatic imine (C=N–C) groups is 1. The fraction of sp³-hybridized carbons (Fsp3) is 0.579. The molecule has 0 radical (unpaired) electrons. The largest absolute Gasteiger partial charge is 0.353 e. The van der Waals surface area contributed by atoms with Gasteiger partial charge in [0.2, 0.25) is 12.2 Å². The smallest absolute Gasteiger partial charge is 0.209 e. The lowest BCUT2D eigenvalue weighted by atomic mass is 9.83. The quantitative estimate of drug-likeness (QED) is 0.475. The second-order valence-corrected chi connectivity index (χ2v) is 6.68. The molecule has 2 N–H and O–H groups in total. The van der Waals surface area contributed by atoms with Gasteiger partial charge in [-0.2, -0.15) is 5.26 Å². The van der Waals surface area contributed by atoms with E-state index in [0.717, 1.165) is 25.7 Å². The summed E-state index contributed by atoms with van der Waals surface area (Å²) in [5, 5.41) is 14.9. The van der Waals surface area contributed by atoms with Crippen LogP contribution in [-0.4, -0.2) is 19.2 Å². The Morgan fingerprint density at radius 2 is 2.29 bits per heavy atom. The summed E-state index contributed by atoms with van der Waals surface area (Å²) in [6, 6.07) is 6.62. The Balaban J connectivity index is 2.17. The second-order valence-electron chi connectivity index (χ2n) is 6.68. The van der Waals surface area contributed by atoms with Crippen LogP contribution < -0.4 is 10.6 Å². The van der Waals surface area contributed by atoms with Crippen molar-refractivity contribution >= 4 is 5.96 Å². The first-order valence-electron chi connectivity index (χ1n) is 8.79. The number of guanidine groups is 1. The van der Waals surface area contributed by atoms with E-state index in [-0.39, 0.29) is 12.6 Å². The maximum absolute atomic E-state index is 12.4. The average Bonchev–Trinajstić information content (AvgIpc) is 2.58. The Labute approximate surface area is 144 Å². The number of nitrogens with one attached hydrogen (secondary N) is 2. The first kappa shape index (κ1) is 18.3. The number of alkyl halides is 1. The van der Waals surface area contributed by atoms with Crippen LogP contribution in [0.3, 0.4) is 0 Å². The number of halogens is 1. The summed E-state index contributed by atoms with van der Waals surface area (Å²) in [5.74, 6) is 1.05. The van der Waals surface area contributed by atoms with Crippen molar-refractivity contribution in [2.45, 2.75) is 52.0 Å². The van der Waals surface area contributed by atoms with Crippen LogP contribution in [0.15, 0.2) is 23.2 Å². The van der Waals surface area contributed by atoms with Crippen LogP contribution >= 0.6 is 0 Å². The normalized spacial score (nSPS) is 17.3. The predicted octanol–water partition coefficient (Wildman–Crippen LogP) is 3.64. The summed E-state index contributed by atoms with van der Waals surface area (Å²) < 4.78 is 12.4. The summed E-state index contributed by atoms with van der Waals surface area (Å²) >= 11 is 0. The van der Waals surface area contributed by atoms with Gasteiger partial charge in [-0.25, -0.2) is 4.39 Å². The topological polar surface area (TPSA) is 60.2 Å². The summed E-state index contributed by atoms with van der Waals surface area (Å²) in [7, 11) is 0.